The lowest BCUT2D eigenvalue weighted by Crippen LogP contribution is -2.46. The van der Waals surface area contributed by atoms with Crippen molar-refractivity contribution in [1.82, 2.24) is 14.6 Å². The van der Waals surface area contributed by atoms with Gasteiger partial charge < -0.3 is 4.90 Å². The lowest BCUT2D eigenvalue weighted by molar-refractivity contribution is -0.132. The zero-order valence-corrected chi connectivity index (χ0v) is 14.0. The van der Waals surface area contributed by atoms with Gasteiger partial charge in [-0.15, -0.1) is 11.3 Å². The van der Waals surface area contributed by atoms with Crippen molar-refractivity contribution >= 4 is 27.3 Å². The van der Waals surface area contributed by atoms with Crippen LogP contribution in [0.5, 0.6) is 0 Å². The van der Waals surface area contributed by atoms with E-state index in [9.17, 15) is 13.2 Å². The molecule has 1 aliphatic rings. The van der Waals surface area contributed by atoms with Gasteiger partial charge in [0.15, 0.2) is 0 Å². The molecule has 0 aromatic carbocycles. The number of nitrogens with zero attached hydrogens (tertiary/aromatic N) is 2. The zero-order chi connectivity index (χ0) is 15.5. The first-order valence-electron chi connectivity index (χ1n) is 6.99. The highest BCUT2D eigenvalue weighted by Crippen LogP contribution is 2.17. The van der Waals surface area contributed by atoms with Gasteiger partial charge in [0, 0.05) is 30.4 Å². The number of hydrogen-bond acceptors (Lipinski definition) is 5. The molecule has 0 radical (unpaired) electrons. The van der Waals surface area contributed by atoms with Crippen molar-refractivity contribution < 1.29 is 13.2 Å². The Balaban J connectivity index is 1.77. The second kappa shape index (κ2) is 6.85. The Kier molecular flexibility index (Phi) is 5.34. The molecule has 2 rings (SSSR count). The average Bonchev–Trinajstić information content (AvgIpc) is 2.80. The Morgan fingerprint density at radius 3 is 2.67 bits per heavy atom. The van der Waals surface area contributed by atoms with Gasteiger partial charge in [-0.1, -0.05) is 0 Å². The predicted octanol–water partition coefficient (Wildman–Crippen LogP) is 0.924. The molecule has 1 aromatic rings. The van der Waals surface area contributed by atoms with Gasteiger partial charge in [0.2, 0.25) is 15.9 Å². The molecule has 6 nitrogen and oxygen atoms in total. The lowest BCUT2D eigenvalue weighted by Gasteiger charge is -2.32. The van der Waals surface area contributed by atoms with Gasteiger partial charge >= 0.3 is 0 Å². The minimum Gasteiger partial charge on any atom is -0.343 e. The van der Waals surface area contributed by atoms with Gasteiger partial charge in [0.25, 0.3) is 0 Å². The third kappa shape index (κ3) is 5.05. The maximum Gasteiger partial charge on any atom is 0.222 e. The van der Waals surface area contributed by atoms with E-state index in [1.54, 1.807) is 16.8 Å². The minimum atomic E-state index is -3.17. The Labute approximate surface area is 129 Å². The number of sulfonamides is 1. The normalized spacial score (nSPS) is 17.1. The highest BCUT2D eigenvalue weighted by molar-refractivity contribution is 7.88. The van der Waals surface area contributed by atoms with Crippen molar-refractivity contribution in [3.8, 4) is 0 Å². The van der Waals surface area contributed by atoms with E-state index in [1.807, 2.05) is 11.8 Å². The Morgan fingerprint density at radius 2 is 2.14 bits per heavy atom. The number of likely N-dealkylation sites (tertiary alicyclic amines) is 1. The summed E-state index contributed by atoms with van der Waals surface area (Å²) in [7, 11) is -3.17. The van der Waals surface area contributed by atoms with Gasteiger partial charge in [0.05, 0.1) is 17.5 Å². The largest absolute Gasteiger partial charge is 0.343 e. The monoisotopic (exact) mass is 331 g/mol. The van der Waals surface area contributed by atoms with Crippen LogP contribution in [0.2, 0.25) is 0 Å². The van der Waals surface area contributed by atoms with E-state index in [4.69, 9.17) is 0 Å². The number of hydrogen-bond donors (Lipinski definition) is 1. The quantitative estimate of drug-likeness (QED) is 0.870. The molecule has 1 amide bonds. The maximum absolute atomic E-state index is 12.2. The van der Waals surface area contributed by atoms with E-state index in [2.05, 4.69) is 9.71 Å². The fourth-order valence-electron chi connectivity index (χ4n) is 2.49. The lowest BCUT2D eigenvalue weighted by atomic mass is 10.1. The topological polar surface area (TPSA) is 79.4 Å². The molecular formula is C13H21N3O3S2. The van der Waals surface area contributed by atoms with E-state index < -0.39 is 10.0 Å². The van der Waals surface area contributed by atoms with E-state index >= 15 is 0 Å². The van der Waals surface area contributed by atoms with Gasteiger partial charge in [-0.2, -0.15) is 0 Å². The molecule has 0 bridgehead atoms. The first-order chi connectivity index (χ1) is 9.85. The smallest absolute Gasteiger partial charge is 0.222 e. The number of rotatable bonds is 5. The zero-order valence-electron chi connectivity index (χ0n) is 12.3. The van der Waals surface area contributed by atoms with E-state index in [0.29, 0.717) is 32.4 Å². The summed E-state index contributed by atoms with van der Waals surface area (Å²) in [6.07, 6.45) is 3.75. The number of amides is 1. The number of carbonyl (C=O) groups is 1. The molecule has 0 saturated carbocycles. The average molecular weight is 331 g/mol. The van der Waals surface area contributed by atoms with Crippen LogP contribution in [-0.4, -0.2) is 49.6 Å². The second-order valence-electron chi connectivity index (χ2n) is 5.41. The molecule has 21 heavy (non-hydrogen) atoms. The standard InChI is InChI=1S/C13H21N3O3S2/c1-10-12(20-9-14-10)3-4-13(17)16-7-5-11(6-8-16)15-21(2,18)19/h9,11,15H,3-8H2,1-2H3. The second-order valence-corrected chi connectivity index (χ2v) is 8.13. The van der Waals surface area contributed by atoms with Crippen LogP contribution in [0.3, 0.4) is 0 Å². The predicted molar refractivity (Wildman–Crippen MR) is 82.8 cm³/mol. The Bertz CT molecular complexity index is 590. The van der Waals surface area contributed by atoms with Crippen LogP contribution in [0.15, 0.2) is 5.51 Å². The van der Waals surface area contributed by atoms with Gasteiger partial charge in [-0.05, 0) is 26.2 Å². The summed E-state index contributed by atoms with van der Waals surface area (Å²) in [5.41, 5.74) is 2.81. The molecule has 1 aliphatic heterocycles. The minimum absolute atomic E-state index is 0.0483. The van der Waals surface area contributed by atoms with Crippen LogP contribution in [0.25, 0.3) is 0 Å². The fraction of sp³-hybridized carbons (Fsp3) is 0.692. The highest BCUT2D eigenvalue weighted by atomic mass is 32.2. The molecule has 1 aromatic heterocycles. The molecule has 0 spiro atoms. The molecule has 0 unspecified atom stereocenters. The summed E-state index contributed by atoms with van der Waals surface area (Å²) < 4.78 is 25.0. The van der Waals surface area contributed by atoms with Gasteiger partial charge in [-0.3, -0.25) is 4.79 Å². The highest BCUT2D eigenvalue weighted by Gasteiger charge is 2.24. The van der Waals surface area contributed by atoms with Crippen molar-refractivity contribution in [2.45, 2.75) is 38.6 Å². The van der Waals surface area contributed by atoms with E-state index in [-0.39, 0.29) is 11.9 Å². The van der Waals surface area contributed by atoms with Crippen molar-refractivity contribution in [2.75, 3.05) is 19.3 Å². The summed E-state index contributed by atoms with van der Waals surface area (Å²) in [6, 6.07) is -0.0483. The van der Waals surface area contributed by atoms with Crippen LogP contribution in [0.1, 0.15) is 29.8 Å². The summed E-state index contributed by atoms with van der Waals surface area (Å²) in [4.78, 5) is 19.3. The Morgan fingerprint density at radius 1 is 1.48 bits per heavy atom. The first-order valence-corrected chi connectivity index (χ1v) is 9.76. The molecule has 1 N–H and O–H groups in total. The summed E-state index contributed by atoms with van der Waals surface area (Å²) in [5.74, 6) is 0.139. The van der Waals surface area contributed by atoms with Crippen molar-refractivity contribution in [3.63, 3.8) is 0 Å². The SMILES string of the molecule is Cc1ncsc1CCC(=O)N1CCC(NS(C)(=O)=O)CC1. The molecule has 0 atom stereocenters. The third-order valence-electron chi connectivity index (χ3n) is 3.64. The number of aromatic nitrogens is 1. The first kappa shape index (κ1) is 16.4. The van der Waals surface area contributed by atoms with Gasteiger partial charge in [-0.25, -0.2) is 18.1 Å². The number of piperidine rings is 1. The van der Waals surface area contributed by atoms with Crippen LogP contribution in [0, 0.1) is 6.92 Å². The van der Waals surface area contributed by atoms with Crippen molar-refractivity contribution in [2.24, 2.45) is 0 Å². The maximum atomic E-state index is 12.2. The van der Waals surface area contributed by atoms with Gasteiger partial charge in [0.1, 0.15) is 0 Å². The van der Waals surface area contributed by atoms with Crippen LogP contribution >= 0.6 is 11.3 Å². The summed E-state index contributed by atoms with van der Waals surface area (Å²) >= 11 is 1.59. The van der Waals surface area contributed by atoms with E-state index in [1.165, 1.54) is 6.26 Å². The number of aryl methyl sites for hydroxylation is 2. The molecular weight excluding hydrogens is 310 g/mol. The molecule has 0 aliphatic carbocycles. The van der Waals surface area contributed by atoms with Crippen molar-refractivity contribution in [3.05, 3.63) is 16.1 Å². The Hall–Kier alpha value is -0.990. The number of nitrogens with one attached hydrogen (secondary N) is 1. The molecule has 2 heterocycles. The van der Waals surface area contributed by atoms with E-state index in [0.717, 1.165) is 17.0 Å². The van der Waals surface area contributed by atoms with Crippen LogP contribution < -0.4 is 4.72 Å². The number of thiazole rings is 1. The molecule has 1 fully saturated rings. The summed E-state index contributed by atoms with van der Waals surface area (Å²) in [5, 5.41) is 0. The molecule has 1 saturated heterocycles. The fourth-order valence-corrected chi connectivity index (χ4v) is 4.12. The van der Waals surface area contributed by atoms with Crippen molar-refractivity contribution in [1.29, 1.82) is 0 Å². The van der Waals surface area contributed by atoms with Crippen LogP contribution in [0.4, 0.5) is 0 Å². The molecule has 8 heteroatoms. The summed E-state index contributed by atoms with van der Waals surface area (Å²) in [6.45, 7) is 3.19. The number of carbonyl (C=O) groups excluding carboxylic acids is 1. The van der Waals surface area contributed by atoms with Crippen LogP contribution in [-0.2, 0) is 21.2 Å². The third-order valence-corrected chi connectivity index (χ3v) is 5.40. The molecule has 118 valence electrons.